The van der Waals surface area contributed by atoms with Crippen molar-refractivity contribution in [3.63, 3.8) is 0 Å². The van der Waals surface area contributed by atoms with E-state index in [0.717, 1.165) is 23.1 Å². The maximum Gasteiger partial charge on any atom is 0.273 e. The van der Waals surface area contributed by atoms with Crippen molar-refractivity contribution in [2.45, 2.75) is 19.9 Å². The molecule has 0 radical (unpaired) electrons. The fourth-order valence-corrected chi connectivity index (χ4v) is 1.30. The van der Waals surface area contributed by atoms with Crippen molar-refractivity contribution in [3.05, 3.63) is 11.1 Å². The Morgan fingerprint density at radius 1 is 1.73 bits per heavy atom. The molecule has 2 N–H and O–H groups in total. The van der Waals surface area contributed by atoms with Crippen LogP contribution in [0, 0.1) is 0 Å². The van der Waals surface area contributed by atoms with Crippen LogP contribution in [-0.2, 0) is 6.54 Å². The summed E-state index contributed by atoms with van der Waals surface area (Å²) in [5, 5.41) is 0.729. The number of ether oxygens (including phenoxy) is 1. The van der Waals surface area contributed by atoms with E-state index in [9.17, 15) is 0 Å². The Hall–Kier alpha value is -0.610. The first-order valence-electron chi connectivity index (χ1n) is 3.64. The second kappa shape index (κ2) is 4.31. The standard InChI is InChI=1S/C7H12N2OS/c1-2-3-10-7-9-5-6(4-8)11-7/h5H,2-4,8H2,1H3. The summed E-state index contributed by atoms with van der Waals surface area (Å²) < 4.78 is 5.29. The quantitative estimate of drug-likeness (QED) is 0.746. The van der Waals surface area contributed by atoms with Crippen molar-refractivity contribution in [2.24, 2.45) is 5.73 Å². The highest BCUT2D eigenvalue weighted by Crippen LogP contribution is 2.19. The summed E-state index contributed by atoms with van der Waals surface area (Å²) in [4.78, 5) is 5.11. The molecule has 0 saturated heterocycles. The van der Waals surface area contributed by atoms with Gasteiger partial charge in [-0.1, -0.05) is 18.3 Å². The smallest absolute Gasteiger partial charge is 0.273 e. The number of aromatic nitrogens is 1. The third-order valence-electron chi connectivity index (χ3n) is 1.16. The predicted octanol–water partition coefficient (Wildman–Crippen LogP) is 1.39. The molecule has 3 nitrogen and oxygen atoms in total. The van der Waals surface area contributed by atoms with Gasteiger partial charge >= 0.3 is 0 Å². The summed E-state index contributed by atoms with van der Waals surface area (Å²) in [6.07, 6.45) is 2.77. The number of thiazole rings is 1. The van der Waals surface area contributed by atoms with Crippen molar-refractivity contribution in [1.29, 1.82) is 0 Å². The molecular formula is C7H12N2OS. The van der Waals surface area contributed by atoms with Gasteiger partial charge in [-0.3, -0.25) is 0 Å². The molecule has 1 rings (SSSR count). The second-order valence-electron chi connectivity index (χ2n) is 2.15. The second-order valence-corrected chi connectivity index (χ2v) is 3.22. The minimum atomic E-state index is 0.549. The first-order chi connectivity index (χ1) is 5.36. The van der Waals surface area contributed by atoms with Gasteiger partial charge in [-0.15, -0.1) is 0 Å². The molecular weight excluding hydrogens is 160 g/mol. The number of nitrogens with zero attached hydrogens (tertiary/aromatic N) is 1. The van der Waals surface area contributed by atoms with Crippen LogP contribution in [0.1, 0.15) is 18.2 Å². The number of hydrogen-bond donors (Lipinski definition) is 1. The molecule has 0 aliphatic carbocycles. The lowest BCUT2D eigenvalue weighted by Gasteiger charge is -1.96. The van der Waals surface area contributed by atoms with Crippen LogP contribution in [0.5, 0.6) is 5.19 Å². The van der Waals surface area contributed by atoms with Crippen LogP contribution in [0.15, 0.2) is 6.20 Å². The molecule has 1 heterocycles. The Kier molecular flexibility index (Phi) is 3.32. The van der Waals surface area contributed by atoms with E-state index in [2.05, 4.69) is 11.9 Å². The highest BCUT2D eigenvalue weighted by Gasteiger charge is 1.99. The molecule has 0 atom stereocenters. The van der Waals surface area contributed by atoms with Crippen LogP contribution in [0.4, 0.5) is 0 Å². The molecule has 11 heavy (non-hydrogen) atoms. The van der Waals surface area contributed by atoms with E-state index >= 15 is 0 Å². The predicted molar refractivity (Wildman–Crippen MR) is 45.8 cm³/mol. The van der Waals surface area contributed by atoms with Crippen molar-refractivity contribution < 1.29 is 4.74 Å². The zero-order chi connectivity index (χ0) is 8.10. The van der Waals surface area contributed by atoms with Crippen molar-refractivity contribution in [2.75, 3.05) is 6.61 Å². The topological polar surface area (TPSA) is 48.1 Å². The molecule has 0 aliphatic heterocycles. The van der Waals surface area contributed by atoms with E-state index in [-0.39, 0.29) is 0 Å². The number of hydrogen-bond acceptors (Lipinski definition) is 4. The molecule has 0 amide bonds. The Labute approximate surface area is 70.2 Å². The molecule has 0 aromatic carbocycles. The Balaban J connectivity index is 2.44. The SMILES string of the molecule is CCCOc1ncc(CN)s1. The van der Waals surface area contributed by atoms with Crippen molar-refractivity contribution in [1.82, 2.24) is 4.98 Å². The van der Waals surface area contributed by atoms with Gasteiger partial charge in [0.25, 0.3) is 5.19 Å². The lowest BCUT2D eigenvalue weighted by atomic mass is 10.5. The molecule has 0 unspecified atom stereocenters. The van der Waals surface area contributed by atoms with E-state index < -0.39 is 0 Å². The largest absolute Gasteiger partial charge is 0.470 e. The molecule has 4 heteroatoms. The summed E-state index contributed by atoms with van der Waals surface area (Å²) in [6.45, 7) is 3.35. The number of nitrogens with two attached hydrogens (primary N) is 1. The van der Waals surface area contributed by atoms with Gasteiger partial charge in [0, 0.05) is 17.6 Å². The third-order valence-corrected chi connectivity index (χ3v) is 2.10. The van der Waals surface area contributed by atoms with Gasteiger partial charge in [0.15, 0.2) is 0 Å². The third kappa shape index (κ3) is 2.48. The summed E-state index contributed by atoms with van der Waals surface area (Å²) in [7, 11) is 0. The monoisotopic (exact) mass is 172 g/mol. The maximum atomic E-state index is 5.41. The van der Waals surface area contributed by atoms with Crippen LogP contribution in [-0.4, -0.2) is 11.6 Å². The molecule has 62 valence electrons. The molecule has 1 aromatic heterocycles. The van der Waals surface area contributed by atoms with E-state index in [1.54, 1.807) is 6.20 Å². The van der Waals surface area contributed by atoms with Crippen LogP contribution in [0.2, 0.25) is 0 Å². The van der Waals surface area contributed by atoms with Gasteiger partial charge < -0.3 is 10.5 Å². The Bertz CT molecular complexity index is 212. The molecule has 0 spiro atoms. The zero-order valence-corrected chi connectivity index (χ0v) is 7.36. The average molecular weight is 172 g/mol. The van der Waals surface area contributed by atoms with Crippen molar-refractivity contribution >= 4 is 11.3 Å². The van der Waals surface area contributed by atoms with Gasteiger partial charge in [0.1, 0.15) is 0 Å². The average Bonchev–Trinajstić information content (AvgIpc) is 2.48. The normalized spacial score (nSPS) is 10.0. The lowest BCUT2D eigenvalue weighted by Crippen LogP contribution is -1.93. The minimum Gasteiger partial charge on any atom is -0.470 e. The Morgan fingerprint density at radius 3 is 3.09 bits per heavy atom. The van der Waals surface area contributed by atoms with E-state index in [0.29, 0.717) is 6.54 Å². The van der Waals surface area contributed by atoms with Gasteiger partial charge in [-0.05, 0) is 6.42 Å². The molecule has 0 saturated carbocycles. The molecule has 0 bridgehead atoms. The van der Waals surface area contributed by atoms with Gasteiger partial charge in [0.2, 0.25) is 0 Å². The summed E-state index contributed by atoms with van der Waals surface area (Å²) in [5.74, 6) is 0. The first-order valence-corrected chi connectivity index (χ1v) is 4.46. The van der Waals surface area contributed by atoms with Crippen molar-refractivity contribution in [3.8, 4) is 5.19 Å². The summed E-state index contributed by atoms with van der Waals surface area (Å²) in [6, 6.07) is 0. The fourth-order valence-electron chi connectivity index (χ4n) is 0.640. The fraction of sp³-hybridized carbons (Fsp3) is 0.571. The maximum absolute atomic E-state index is 5.41. The highest BCUT2D eigenvalue weighted by atomic mass is 32.1. The van der Waals surface area contributed by atoms with Crippen LogP contribution in [0.25, 0.3) is 0 Å². The van der Waals surface area contributed by atoms with Gasteiger partial charge in [-0.25, -0.2) is 4.98 Å². The minimum absolute atomic E-state index is 0.549. The Morgan fingerprint density at radius 2 is 2.55 bits per heavy atom. The molecule has 1 aromatic rings. The summed E-state index contributed by atoms with van der Waals surface area (Å²) in [5.41, 5.74) is 5.41. The molecule has 0 fully saturated rings. The zero-order valence-electron chi connectivity index (χ0n) is 6.54. The highest BCUT2D eigenvalue weighted by molar-refractivity contribution is 7.13. The van der Waals surface area contributed by atoms with Gasteiger partial charge in [-0.2, -0.15) is 0 Å². The lowest BCUT2D eigenvalue weighted by molar-refractivity contribution is 0.316. The van der Waals surface area contributed by atoms with Crippen LogP contribution >= 0.6 is 11.3 Å². The van der Waals surface area contributed by atoms with E-state index in [1.807, 2.05) is 0 Å². The van der Waals surface area contributed by atoms with Crippen LogP contribution in [0.3, 0.4) is 0 Å². The van der Waals surface area contributed by atoms with Gasteiger partial charge in [0.05, 0.1) is 6.61 Å². The van der Waals surface area contributed by atoms with Crippen LogP contribution < -0.4 is 10.5 Å². The summed E-state index contributed by atoms with van der Waals surface area (Å²) >= 11 is 1.51. The van der Waals surface area contributed by atoms with E-state index in [4.69, 9.17) is 10.5 Å². The molecule has 0 aliphatic rings. The first kappa shape index (κ1) is 8.49. The number of rotatable bonds is 4. The van der Waals surface area contributed by atoms with E-state index in [1.165, 1.54) is 11.3 Å².